The van der Waals surface area contributed by atoms with Gasteiger partial charge in [-0.05, 0) is 45.7 Å². The Bertz CT molecular complexity index is 1860. The predicted octanol–water partition coefficient (Wildman–Crippen LogP) is 6.11. The fourth-order valence-corrected chi connectivity index (χ4v) is 5.15. The van der Waals surface area contributed by atoms with Crippen molar-refractivity contribution in [1.29, 1.82) is 0 Å². The Morgan fingerprint density at radius 2 is 1.56 bits per heavy atom. The Kier molecular flexibility index (Phi) is 6.92. The van der Waals surface area contributed by atoms with Crippen LogP contribution in [0.25, 0.3) is 44.1 Å². The molecule has 0 aliphatic carbocycles. The Morgan fingerprint density at radius 3 is 2.34 bits per heavy atom. The molecule has 4 N–H and O–H groups in total. The van der Waals surface area contributed by atoms with Gasteiger partial charge in [-0.25, -0.2) is 4.79 Å². The van der Waals surface area contributed by atoms with Crippen molar-refractivity contribution in [2.45, 2.75) is 18.9 Å². The molecule has 0 aliphatic heterocycles. The molecular weight excluding hydrogens is 514 g/mol. The van der Waals surface area contributed by atoms with Gasteiger partial charge in [-0.3, -0.25) is 9.78 Å². The number of H-pyrrole nitrogens is 1. The van der Waals surface area contributed by atoms with Gasteiger partial charge in [-0.15, -0.1) is 0 Å². The maximum Gasteiger partial charge on any atom is 0.326 e. The number of hydrogen-bond acceptors (Lipinski definition) is 4. The summed E-state index contributed by atoms with van der Waals surface area (Å²) < 4.78 is 0. The molecule has 0 fully saturated rings. The van der Waals surface area contributed by atoms with E-state index in [0.717, 1.165) is 44.1 Å². The van der Waals surface area contributed by atoms with Crippen molar-refractivity contribution in [1.82, 2.24) is 15.3 Å². The number of benzene rings is 4. The summed E-state index contributed by atoms with van der Waals surface area (Å²) in [5, 5.41) is 26.6. The van der Waals surface area contributed by atoms with Gasteiger partial charge in [0.1, 0.15) is 11.8 Å². The summed E-state index contributed by atoms with van der Waals surface area (Å²) in [4.78, 5) is 32.2. The third kappa shape index (κ3) is 5.51. The molecule has 0 aliphatic rings. The van der Waals surface area contributed by atoms with Gasteiger partial charge in [0.15, 0.2) is 0 Å². The highest BCUT2D eigenvalue weighted by Crippen LogP contribution is 2.38. The summed E-state index contributed by atoms with van der Waals surface area (Å²) in [6.07, 6.45) is 3.71. The van der Waals surface area contributed by atoms with E-state index in [1.165, 1.54) is 0 Å². The molecule has 41 heavy (non-hydrogen) atoms. The molecule has 1 unspecified atom stereocenters. The van der Waals surface area contributed by atoms with Gasteiger partial charge in [-0.2, -0.15) is 0 Å². The van der Waals surface area contributed by atoms with E-state index in [0.29, 0.717) is 11.1 Å². The molecule has 2 heterocycles. The first-order valence-electron chi connectivity index (χ1n) is 13.3. The van der Waals surface area contributed by atoms with Gasteiger partial charge >= 0.3 is 5.97 Å². The third-order valence-corrected chi connectivity index (χ3v) is 7.26. The molecule has 0 saturated carbocycles. The first-order valence-corrected chi connectivity index (χ1v) is 13.3. The van der Waals surface area contributed by atoms with Crippen molar-refractivity contribution in [3.8, 4) is 28.1 Å². The largest absolute Gasteiger partial charge is 0.507 e. The molecule has 2 aromatic heterocycles. The predicted molar refractivity (Wildman–Crippen MR) is 160 cm³/mol. The molecule has 4 aromatic carbocycles. The topological polar surface area (TPSA) is 115 Å². The van der Waals surface area contributed by atoms with Crippen molar-refractivity contribution in [2.75, 3.05) is 0 Å². The molecule has 1 amide bonds. The SMILES string of the molecule is O=C(Cc1ccc(-c2cccc(-c3cc4cnccc4[nH]3)c2O)cc1)NC(Cc1ccc2ccccc2c1)C(=O)O. The highest BCUT2D eigenvalue weighted by molar-refractivity contribution is 5.89. The number of carboxylic acids is 1. The number of para-hydroxylation sites is 1. The van der Waals surface area contributed by atoms with Crippen LogP contribution in [0.15, 0.2) is 109 Å². The number of aromatic amines is 1. The van der Waals surface area contributed by atoms with Crippen molar-refractivity contribution in [3.05, 3.63) is 121 Å². The average molecular weight is 542 g/mol. The number of aliphatic carboxylic acids is 1. The highest BCUT2D eigenvalue weighted by atomic mass is 16.4. The molecule has 0 bridgehead atoms. The van der Waals surface area contributed by atoms with E-state index < -0.39 is 12.0 Å². The van der Waals surface area contributed by atoms with Gasteiger partial charge < -0.3 is 20.5 Å². The fraction of sp³-hybridized carbons (Fsp3) is 0.0882. The third-order valence-electron chi connectivity index (χ3n) is 7.26. The minimum Gasteiger partial charge on any atom is -0.507 e. The molecule has 0 saturated heterocycles. The van der Waals surface area contributed by atoms with Crippen molar-refractivity contribution < 1.29 is 19.8 Å². The van der Waals surface area contributed by atoms with Crippen molar-refractivity contribution in [2.24, 2.45) is 0 Å². The minimum atomic E-state index is -1.08. The van der Waals surface area contributed by atoms with Gasteiger partial charge in [0.05, 0.1) is 12.1 Å². The number of phenols is 1. The lowest BCUT2D eigenvalue weighted by molar-refractivity contribution is -0.141. The molecule has 7 heteroatoms. The lowest BCUT2D eigenvalue weighted by atomic mass is 9.98. The Balaban J connectivity index is 1.14. The number of amides is 1. The fourth-order valence-electron chi connectivity index (χ4n) is 5.15. The number of nitrogens with one attached hydrogen (secondary N) is 2. The summed E-state index contributed by atoms with van der Waals surface area (Å²) in [7, 11) is 0. The molecule has 1 atom stereocenters. The van der Waals surface area contributed by atoms with Gasteiger partial charge in [0, 0.05) is 40.8 Å². The number of rotatable bonds is 8. The summed E-state index contributed by atoms with van der Waals surface area (Å²) in [6, 6.07) is 29.4. The quantitative estimate of drug-likeness (QED) is 0.186. The molecule has 6 aromatic rings. The zero-order valence-electron chi connectivity index (χ0n) is 22.0. The van der Waals surface area contributed by atoms with Crippen molar-refractivity contribution in [3.63, 3.8) is 0 Å². The average Bonchev–Trinajstić information content (AvgIpc) is 3.41. The number of pyridine rings is 1. The van der Waals surface area contributed by atoms with Crippen LogP contribution in [0.4, 0.5) is 0 Å². The smallest absolute Gasteiger partial charge is 0.326 e. The molecule has 7 nitrogen and oxygen atoms in total. The maximum atomic E-state index is 12.8. The number of aromatic nitrogens is 2. The van der Waals surface area contributed by atoms with E-state index >= 15 is 0 Å². The standard InChI is InChI=1S/C34H27N3O4/c38-32(37-31(34(40)41)17-22-10-11-23-4-1-2-5-25(23)16-22)18-21-8-12-24(13-9-21)27-6-3-7-28(33(27)39)30-19-26-20-35-15-14-29(26)36-30/h1-16,19-20,31,36,39H,17-18H2,(H,37,38)(H,40,41). The minimum absolute atomic E-state index is 0.0386. The second-order valence-electron chi connectivity index (χ2n) is 10.1. The van der Waals surface area contributed by atoms with Crippen LogP contribution in [0, 0.1) is 0 Å². The van der Waals surface area contributed by atoms with Gasteiger partial charge in [0.25, 0.3) is 0 Å². The monoisotopic (exact) mass is 541 g/mol. The lowest BCUT2D eigenvalue weighted by Gasteiger charge is -2.15. The van der Waals surface area contributed by atoms with Crippen LogP contribution in [0.2, 0.25) is 0 Å². The van der Waals surface area contributed by atoms with E-state index in [1.54, 1.807) is 12.4 Å². The number of fused-ring (bicyclic) bond motifs is 2. The van der Waals surface area contributed by atoms with E-state index in [2.05, 4.69) is 15.3 Å². The molecule has 202 valence electrons. The van der Waals surface area contributed by atoms with E-state index in [1.807, 2.05) is 97.1 Å². The van der Waals surface area contributed by atoms with E-state index in [4.69, 9.17) is 0 Å². The number of carboxylic acid groups (broad SMARTS) is 1. The molecule has 6 rings (SSSR count). The first-order chi connectivity index (χ1) is 19.9. The maximum absolute atomic E-state index is 12.8. The summed E-state index contributed by atoms with van der Waals surface area (Å²) >= 11 is 0. The van der Waals surface area contributed by atoms with Crippen LogP contribution in [0.1, 0.15) is 11.1 Å². The van der Waals surface area contributed by atoms with Crippen molar-refractivity contribution >= 4 is 33.6 Å². The van der Waals surface area contributed by atoms with Crippen LogP contribution < -0.4 is 5.32 Å². The zero-order valence-corrected chi connectivity index (χ0v) is 22.0. The number of nitrogens with zero attached hydrogens (tertiary/aromatic N) is 1. The molecule has 0 spiro atoms. The second kappa shape index (κ2) is 11.0. The summed E-state index contributed by atoms with van der Waals surface area (Å²) in [6.45, 7) is 0. The molecule has 0 radical (unpaired) electrons. The first kappa shape index (κ1) is 25.8. The number of phenolic OH excluding ortho intramolecular Hbond substituents is 1. The van der Waals surface area contributed by atoms with Crippen LogP contribution in [-0.4, -0.2) is 38.1 Å². The normalized spacial score (nSPS) is 11.9. The highest BCUT2D eigenvalue weighted by Gasteiger charge is 2.21. The van der Waals surface area contributed by atoms with E-state index in [9.17, 15) is 19.8 Å². The summed E-state index contributed by atoms with van der Waals surface area (Å²) in [5.74, 6) is -1.30. The van der Waals surface area contributed by atoms with E-state index in [-0.39, 0.29) is 24.5 Å². The van der Waals surface area contributed by atoms with Crippen LogP contribution in [0.3, 0.4) is 0 Å². The molecular formula is C34H27N3O4. The Hall–Kier alpha value is -5.43. The Morgan fingerprint density at radius 1 is 0.805 bits per heavy atom. The lowest BCUT2D eigenvalue weighted by Crippen LogP contribution is -2.43. The second-order valence-corrected chi connectivity index (χ2v) is 10.1. The number of carbonyl (C=O) groups excluding carboxylic acids is 1. The number of carbonyl (C=O) groups is 2. The summed E-state index contributed by atoms with van der Waals surface area (Å²) in [5.41, 5.74) is 5.44. The number of aromatic hydroxyl groups is 1. The van der Waals surface area contributed by atoms with Crippen LogP contribution >= 0.6 is 0 Å². The van der Waals surface area contributed by atoms with Crippen LogP contribution in [0.5, 0.6) is 5.75 Å². The van der Waals surface area contributed by atoms with Crippen LogP contribution in [-0.2, 0) is 22.4 Å². The zero-order chi connectivity index (χ0) is 28.3. The Labute approximate surface area is 236 Å². The van der Waals surface area contributed by atoms with Gasteiger partial charge in [-0.1, -0.05) is 78.9 Å². The number of hydrogen-bond donors (Lipinski definition) is 4. The van der Waals surface area contributed by atoms with Gasteiger partial charge in [0.2, 0.25) is 5.91 Å².